The SMILES string of the molecule is CCCn1cncc1COc1ccc([N+](=O)[O-])cc1C=O. The number of benzene rings is 1. The molecular weight excluding hydrogens is 274 g/mol. The maximum atomic E-state index is 11.0. The summed E-state index contributed by atoms with van der Waals surface area (Å²) >= 11 is 0. The Morgan fingerprint density at radius 1 is 1.48 bits per heavy atom. The van der Waals surface area contributed by atoms with E-state index in [1.807, 2.05) is 4.57 Å². The van der Waals surface area contributed by atoms with Crippen molar-refractivity contribution in [2.75, 3.05) is 0 Å². The molecule has 1 aromatic carbocycles. The fraction of sp³-hybridized carbons (Fsp3) is 0.286. The quantitative estimate of drug-likeness (QED) is 0.444. The number of aryl methyl sites for hydroxylation is 1. The van der Waals surface area contributed by atoms with Gasteiger partial charge in [-0.2, -0.15) is 0 Å². The minimum atomic E-state index is -0.549. The molecule has 7 heteroatoms. The maximum Gasteiger partial charge on any atom is 0.270 e. The number of carbonyl (C=O) groups excluding carboxylic acids is 1. The van der Waals surface area contributed by atoms with Gasteiger partial charge in [-0.05, 0) is 12.5 Å². The molecule has 0 atom stereocenters. The van der Waals surface area contributed by atoms with Gasteiger partial charge >= 0.3 is 0 Å². The summed E-state index contributed by atoms with van der Waals surface area (Å²) in [7, 11) is 0. The lowest BCUT2D eigenvalue weighted by Crippen LogP contribution is -2.06. The summed E-state index contributed by atoms with van der Waals surface area (Å²) in [5.41, 5.74) is 0.901. The van der Waals surface area contributed by atoms with E-state index in [2.05, 4.69) is 11.9 Å². The van der Waals surface area contributed by atoms with Crippen LogP contribution in [-0.2, 0) is 13.2 Å². The fourth-order valence-corrected chi connectivity index (χ4v) is 1.94. The summed E-state index contributed by atoms with van der Waals surface area (Å²) in [6, 6.07) is 3.94. The third-order valence-electron chi connectivity index (χ3n) is 2.97. The van der Waals surface area contributed by atoms with Crippen LogP contribution in [0.15, 0.2) is 30.7 Å². The first-order chi connectivity index (χ1) is 10.2. The molecule has 0 aliphatic rings. The zero-order chi connectivity index (χ0) is 15.2. The average molecular weight is 289 g/mol. The van der Waals surface area contributed by atoms with Gasteiger partial charge in [0, 0.05) is 18.7 Å². The highest BCUT2D eigenvalue weighted by Gasteiger charge is 2.12. The molecule has 0 saturated carbocycles. The summed E-state index contributed by atoms with van der Waals surface area (Å²) < 4.78 is 7.54. The number of nitrogens with zero attached hydrogens (tertiary/aromatic N) is 3. The highest BCUT2D eigenvalue weighted by atomic mass is 16.6. The van der Waals surface area contributed by atoms with Gasteiger partial charge in [0.05, 0.1) is 28.7 Å². The Morgan fingerprint density at radius 2 is 2.29 bits per heavy atom. The Kier molecular flexibility index (Phi) is 4.65. The van der Waals surface area contributed by atoms with E-state index in [0.29, 0.717) is 12.0 Å². The monoisotopic (exact) mass is 289 g/mol. The van der Waals surface area contributed by atoms with Crippen molar-refractivity contribution in [1.82, 2.24) is 9.55 Å². The van der Waals surface area contributed by atoms with E-state index in [-0.39, 0.29) is 17.9 Å². The molecule has 0 bridgehead atoms. The molecule has 0 amide bonds. The van der Waals surface area contributed by atoms with Crippen LogP contribution in [0.5, 0.6) is 5.75 Å². The molecule has 2 aromatic rings. The normalized spacial score (nSPS) is 10.3. The minimum Gasteiger partial charge on any atom is -0.487 e. The molecule has 1 aromatic heterocycles. The number of carbonyl (C=O) groups is 1. The Labute approximate surface area is 121 Å². The molecule has 0 unspecified atom stereocenters. The number of nitro groups is 1. The number of rotatable bonds is 7. The second-order valence-corrected chi connectivity index (χ2v) is 4.46. The largest absolute Gasteiger partial charge is 0.487 e. The van der Waals surface area contributed by atoms with E-state index in [9.17, 15) is 14.9 Å². The van der Waals surface area contributed by atoms with Crippen molar-refractivity contribution in [1.29, 1.82) is 0 Å². The van der Waals surface area contributed by atoms with Crippen LogP contribution in [0.25, 0.3) is 0 Å². The number of ether oxygens (including phenoxy) is 1. The second kappa shape index (κ2) is 6.65. The fourth-order valence-electron chi connectivity index (χ4n) is 1.94. The first-order valence-corrected chi connectivity index (χ1v) is 6.51. The molecule has 1 heterocycles. The third-order valence-corrected chi connectivity index (χ3v) is 2.97. The molecule has 7 nitrogen and oxygen atoms in total. The molecule has 0 aliphatic carbocycles. The molecule has 21 heavy (non-hydrogen) atoms. The van der Waals surface area contributed by atoms with Gasteiger partial charge in [0.1, 0.15) is 12.4 Å². The number of aromatic nitrogens is 2. The molecular formula is C14H15N3O4. The Balaban J connectivity index is 2.14. The van der Waals surface area contributed by atoms with E-state index in [1.54, 1.807) is 12.5 Å². The van der Waals surface area contributed by atoms with Crippen molar-refractivity contribution in [3.63, 3.8) is 0 Å². The van der Waals surface area contributed by atoms with E-state index >= 15 is 0 Å². The lowest BCUT2D eigenvalue weighted by Gasteiger charge is -2.10. The van der Waals surface area contributed by atoms with Crippen LogP contribution in [0, 0.1) is 10.1 Å². The first-order valence-electron chi connectivity index (χ1n) is 6.51. The summed E-state index contributed by atoms with van der Waals surface area (Å²) in [5.74, 6) is 0.319. The van der Waals surface area contributed by atoms with Crippen molar-refractivity contribution in [3.05, 3.63) is 52.1 Å². The zero-order valence-corrected chi connectivity index (χ0v) is 11.6. The average Bonchev–Trinajstić information content (AvgIpc) is 2.92. The number of imidazole rings is 1. The number of nitro benzene ring substituents is 1. The van der Waals surface area contributed by atoms with Crippen LogP contribution in [0.1, 0.15) is 29.4 Å². The van der Waals surface area contributed by atoms with Gasteiger partial charge in [-0.3, -0.25) is 14.9 Å². The van der Waals surface area contributed by atoms with Crippen molar-refractivity contribution >= 4 is 12.0 Å². The number of hydrogen-bond acceptors (Lipinski definition) is 5. The smallest absolute Gasteiger partial charge is 0.270 e. The second-order valence-electron chi connectivity index (χ2n) is 4.46. The predicted octanol–water partition coefficient (Wildman–Crippen LogP) is 2.59. The summed E-state index contributed by atoms with van der Waals surface area (Å²) in [6.07, 6.45) is 4.94. The van der Waals surface area contributed by atoms with Crippen molar-refractivity contribution in [3.8, 4) is 5.75 Å². The highest BCUT2D eigenvalue weighted by Crippen LogP contribution is 2.23. The maximum absolute atomic E-state index is 11.0. The van der Waals surface area contributed by atoms with Crippen LogP contribution in [-0.4, -0.2) is 20.8 Å². The van der Waals surface area contributed by atoms with Crippen LogP contribution in [0.2, 0.25) is 0 Å². The van der Waals surface area contributed by atoms with E-state index in [0.717, 1.165) is 18.7 Å². The summed E-state index contributed by atoms with van der Waals surface area (Å²) in [4.78, 5) is 25.2. The summed E-state index contributed by atoms with van der Waals surface area (Å²) in [5, 5.41) is 10.7. The molecule has 0 saturated heterocycles. The van der Waals surface area contributed by atoms with Gasteiger partial charge in [-0.25, -0.2) is 4.98 Å². The van der Waals surface area contributed by atoms with Crippen LogP contribution in [0.4, 0.5) is 5.69 Å². The van der Waals surface area contributed by atoms with Gasteiger partial charge in [-0.1, -0.05) is 6.92 Å². The molecule has 110 valence electrons. The standard InChI is InChI=1S/C14H15N3O4/c1-2-5-16-10-15-7-13(16)9-21-14-4-3-12(17(19)20)6-11(14)8-18/h3-4,6-8,10H,2,5,9H2,1H3. The predicted molar refractivity (Wildman–Crippen MR) is 75.3 cm³/mol. The topological polar surface area (TPSA) is 87.3 Å². The van der Waals surface area contributed by atoms with Crippen molar-refractivity contribution in [2.24, 2.45) is 0 Å². The third kappa shape index (κ3) is 3.44. The van der Waals surface area contributed by atoms with Crippen LogP contribution in [0.3, 0.4) is 0 Å². The number of non-ortho nitro benzene ring substituents is 1. The van der Waals surface area contributed by atoms with E-state index in [1.165, 1.54) is 18.2 Å². The van der Waals surface area contributed by atoms with Gasteiger partial charge in [0.25, 0.3) is 5.69 Å². The zero-order valence-electron chi connectivity index (χ0n) is 11.6. The first kappa shape index (κ1) is 14.7. The van der Waals surface area contributed by atoms with Gasteiger partial charge in [-0.15, -0.1) is 0 Å². The van der Waals surface area contributed by atoms with Crippen molar-refractivity contribution in [2.45, 2.75) is 26.5 Å². The molecule has 0 fully saturated rings. The van der Waals surface area contributed by atoms with E-state index < -0.39 is 4.92 Å². The van der Waals surface area contributed by atoms with Crippen molar-refractivity contribution < 1.29 is 14.5 Å². The van der Waals surface area contributed by atoms with Gasteiger partial charge < -0.3 is 9.30 Å². The van der Waals surface area contributed by atoms with E-state index in [4.69, 9.17) is 4.74 Å². The Hall–Kier alpha value is -2.70. The Bertz CT molecular complexity index is 651. The molecule has 0 aliphatic heterocycles. The molecule has 0 spiro atoms. The Morgan fingerprint density at radius 3 is 2.95 bits per heavy atom. The molecule has 0 N–H and O–H groups in total. The van der Waals surface area contributed by atoms with Gasteiger partial charge in [0.2, 0.25) is 0 Å². The number of aldehydes is 1. The van der Waals surface area contributed by atoms with Gasteiger partial charge in [0.15, 0.2) is 6.29 Å². The van der Waals surface area contributed by atoms with Crippen LogP contribution < -0.4 is 4.74 Å². The lowest BCUT2D eigenvalue weighted by atomic mass is 10.2. The molecule has 0 radical (unpaired) electrons. The molecule has 2 rings (SSSR count). The number of hydrogen-bond donors (Lipinski definition) is 0. The minimum absolute atomic E-state index is 0.138. The highest BCUT2D eigenvalue weighted by molar-refractivity contribution is 5.80. The lowest BCUT2D eigenvalue weighted by molar-refractivity contribution is -0.384. The summed E-state index contributed by atoms with van der Waals surface area (Å²) in [6.45, 7) is 3.14. The van der Waals surface area contributed by atoms with Crippen LogP contribution >= 0.6 is 0 Å².